The Labute approximate surface area is 134 Å². The second kappa shape index (κ2) is 5.85. The van der Waals surface area contributed by atoms with Crippen LogP contribution >= 0.6 is 11.8 Å². The molecule has 2 aliphatic rings. The van der Waals surface area contributed by atoms with Crippen molar-refractivity contribution in [2.45, 2.75) is 23.9 Å². The maximum atomic E-state index is 6.03. The summed E-state index contributed by atoms with van der Waals surface area (Å²) in [7, 11) is 0. The van der Waals surface area contributed by atoms with Crippen LogP contribution in [-0.4, -0.2) is 44.6 Å². The second-order valence-corrected chi connectivity index (χ2v) is 7.35. The molecule has 0 saturated carbocycles. The molecule has 0 amide bonds. The number of nitrogens with zero attached hydrogens (tertiary/aromatic N) is 4. The number of pyridine rings is 1. The van der Waals surface area contributed by atoms with Gasteiger partial charge in [0, 0.05) is 37.4 Å². The van der Waals surface area contributed by atoms with E-state index in [2.05, 4.69) is 19.9 Å². The van der Waals surface area contributed by atoms with Gasteiger partial charge in [-0.25, -0.2) is 9.97 Å². The average Bonchev–Trinajstić information content (AvgIpc) is 2.98. The molecular formula is C16H18N4OS. The molecule has 4 heterocycles. The molecule has 0 bridgehead atoms. The van der Waals surface area contributed by atoms with Gasteiger partial charge in [-0.15, -0.1) is 11.8 Å². The highest BCUT2D eigenvalue weighted by Gasteiger charge is 2.50. The average molecular weight is 314 g/mol. The van der Waals surface area contributed by atoms with Gasteiger partial charge in [-0.05, 0) is 24.6 Å². The van der Waals surface area contributed by atoms with Crippen LogP contribution in [0.3, 0.4) is 0 Å². The lowest BCUT2D eigenvalue weighted by Crippen LogP contribution is -2.59. The van der Waals surface area contributed by atoms with Crippen LogP contribution in [0.15, 0.2) is 42.9 Å². The molecule has 0 N–H and O–H groups in total. The number of thioether (sulfide) groups is 1. The summed E-state index contributed by atoms with van der Waals surface area (Å²) < 4.78 is 6.36. The Balaban J connectivity index is 1.29. The molecule has 2 aromatic rings. The lowest BCUT2D eigenvalue weighted by atomic mass is 9.93. The van der Waals surface area contributed by atoms with E-state index in [1.807, 2.05) is 42.2 Å². The van der Waals surface area contributed by atoms with Crippen molar-refractivity contribution in [1.29, 1.82) is 0 Å². The molecule has 4 rings (SSSR count). The van der Waals surface area contributed by atoms with E-state index in [4.69, 9.17) is 4.74 Å². The zero-order chi connectivity index (χ0) is 14.8. The van der Waals surface area contributed by atoms with Gasteiger partial charge in [0.2, 0.25) is 5.95 Å². The van der Waals surface area contributed by atoms with Gasteiger partial charge in [0.05, 0.1) is 23.2 Å². The van der Waals surface area contributed by atoms with Gasteiger partial charge in [0.1, 0.15) is 0 Å². The first-order chi connectivity index (χ1) is 10.8. The molecule has 2 aromatic heterocycles. The third kappa shape index (κ3) is 2.80. The minimum absolute atomic E-state index is 0.325. The molecule has 1 spiro atoms. The van der Waals surface area contributed by atoms with E-state index in [0.29, 0.717) is 17.5 Å². The molecule has 1 atom stereocenters. The maximum Gasteiger partial charge on any atom is 0.225 e. The predicted molar refractivity (Wildman–Crippen MR) is 86.9 cm³/mol. The third-order valence-electron chi connectivity index (χ3n) is 4.16. The topological polar surface area (TPSA) is 51.1 Å². The number of hydrogen-bond acceptors (Lipinski definition) is 6. The SMILES string of the molecule is c1ccc(CO[C@@H]2CSC3(C2)CN(c2ncccn2)C3)nc1. The predicted octanol–water partition coefficient (Wildman–Crippen LogP) is 2.15. The highest BCUT2D eigenvalue weighted by Crippen LogP contribution is 2.46. The van der Waals surface area contributed by atoms with Gasteiger partial charge in [-0.3, -0.25) is 4.98 Å². The van der Waals surface area contributed by atoms with Gasteiger partial charge < -0.3 is 9.64 Å². The van der Waals surface area contributed by atoms with Crippen molar-refractivity contribution in [2.75, 3.05) is 23.7 Å². The van der Waals surface area contributed by atoms with E-state index in [1.54, 1.807) is 12.4 Å². The fourth-order valence-electron chi connectivity index (χ4n) is 3.06. The van der Waals surface area contributed by atoms with Gasteiger partial charge >= 0.3 is 0 Å². The zero-order valence-electron chi connectivity index (χ0n) is 12.3. The largest absolute Gasteiger partial charge is 0.371 e. The zero-order valence-corrected chi connectivity index (χ0v) is 13.1. The fraction of sp³-hybridized carbons (Fsp3) is 0.438. The van der Waals surface area contributed by atoms with Crippen molar-refractivity contribution in [1.82, 2.24) is 15.0 Å². The highest BCUT2D eigenvalue weighted by molar-refractivity contribution is 8.01. The molecule has 2 fully saturated rings. The first kappa shape index (κ1) is 14.0. The maximum absolute atomic E-state index is 6.03. The summed E-state index contributed by atoms with van der Waals surface area (Å²) in [5.74, 6) is 1.91. The van der Waals surface area contributed by atoms with Gasteiger partial charge in [0.15, 0.2) is 0 Å². The molecule has 2 saturated heterocycles. The van der Waals surface area contributed by atoms with E-state index in [1.165, 1.54) is 0 Å². The molecule has 0 radical (unpaired) electrons. The first-order valence-electron chi connectivity index (χ1n) is 7.50. The van der Waals surface area contributed by atoms with Crippen molar-refractivity contribution < 1.29 is 4.74 Å². The Kier molecular flexibility index (Phi) is 3.72. The van der Waals surface area contributed by atoms with Crippen molar-refractivity contribution in [3.05, 3.63) is 48.5 Å². The lowest BCUT2D eigenvalue weighted by molar-refractivity contribution is 0.0458. The molecule has 0 unspecified atom stereocenters. The van der Waals surface area contributed by atoms with Crippen LogP contribution in [0, 0.1) is 0 Å². The smallest absolute Gasteiger partial charge is 0.225 e. The van der Waals surface area contributed by atoms with Crippen molar-refractivity contribution >= 4 is 17.7 Å². The van der Waals surface area contributed by atoms with Gasteiger partial charge in [0.25, 0.3) is 0 Å². The van der Waals surface area contributed by atoms with E-state index in [9.17, 15) is 0 Å². The highest BCUT2D eigenvalue weighted by atomic mass is 32.2. The van der Waals surface area contributed by atoms with E-state index in [-0.39, 0.29) is 0 Å². The van der Waals surface area contributed by atoms with Crippen LogP contribution in [0.2, 0.25) is 0 Å². The van der Waals surface area contributed by atoms with Crippen LogP contribution < -0.4 is 4.90 Å². The van der Waals surface area contributed by atoms with E-state index < -0.39 is 0 Å². The standard InChI is InChI=1S/C16H18N4OS/c1-2-5-17-13(4-1)9-21-14-8-16(22-10-14)11-20(12-16)15-18-6-3-7-19-15/h1-7,14H,8-12H2/t14-/m0/s1. The van der Waals surface area contributed by atoms with Crippen LogP contribution in [0.4, 0.5) is 5.95 Å². The summed E-state index contributed by atoms with van der Waals surface area (Å²) >= 11 is 2.03. The van der Waals surface area contributed by atoms with E-state index in [0.717, 1.165) is 36.9 Å². The van der Waals surface area contributed by atoms with Crippen LogP contribution in [0.5, 0.6) is 0 Å². The number of aromatic nitrogens is 3. The Morgan fingerprint density at radius 1 is 1.14 bits per heavy atom. The minimum Gasteiger partial charge on any atom is -0.371 e. The molecular weight excluding hydrogens is 296 g/mol. The van der Waals surface area contributed by atoms with Crippen molar-refractivity contribution in [3.8, 4) is 0 Å². The normalized spacial score (nSPS) is 22.7. The molecule has 6 heteroatoms. The van der Waals surface area contributed by atoms with Gasteiger partial charge in [-0.2, -0.15) is 0 Å². The summed E-state index contributed by atoms with van der Waals surface area (Å²) in [5.41, 5.74) is 1.00. The lowest BCUT2D eigenvalue weighted by Gasteiger charge is -2.47. The minimum atomic E-state index is 0.325. The van der Waals surface area contributed by atoms with Crippen molar-refractivity contribution in [3.63, 3.8) is 0 Å². The Morgan fingerprint density at radius 3 is 2.73 bits per heavy atom. The molecule has 5 nitrogen and oxygen atoms in total. The fourth-order valence-corrected chi connectivity index (χ4v) is 4.61. The Morgan fingerprint density at radius 2 is 1.95 bits per heavy atom. The summed E-state index contributed by atoms with van der Waals surface area (Å²) in [5, 5.41) is 0. The van der Waals surface area contributed by atoms with Crippen LogP contribution in [0.25, 0.3) is 0 Å². The first-order valence-corrected chi connectivity index (χ1v) is 8.49. The summed E-state index contributed by atoms with van der Waals surface area (Å²) in [6.07, 6.45) is 6.84. The monoisotopic (exact) mass is 314 g/mol. The number of rotatable bonds is 4. The summed E-state index contributed by atoms with van der Waals surface area (Å²) in [6.45, 7) is 2.64. The molecule has 22 heavy (non-hydrogen) atoms. The third-order valence-corrected chi connectivity index (χ3v) is 5.74. The molecule has 2 aliphatic heterocycles. The second-order valence-electron chi connectivity index (χ2n) is 5.86. The quantitative estimate of drug-likeness (QED) is 0.862. The van der Waals surface area contributed by atoms with Crippen LogP contribution in [0.1, 0.15) is 12.1 Å². The molecule has 0 aliphatic carbocycles. The molecule has 0 aromatic carbocycles. The van der Waals surface area contributed by atoms with Crippen LogP contribution in [-0.2, 0) is 11.3 Å². The number of ether oxygens (including phenoxy) is 1. The van der Waals surface area contributed by atoms with Crippen molar-refractivity contribution in [2.24, 2.45) is 0 Å². The van der Waals surface area contributed by atoms with Gasteiger partial charge in [-0.1, -0.05) is 6.07 Å². The summed E-state index contributed by atoms with van der Waals surface area (Å²) in [4.78, 5) is 15.2. The summed E-state index contributed by atoms with van der Waals surface area (Å²) in [6, 6.07) is 7.79. The number of anilines is 1. The Hall–Kier alpha value is -1.66. The Bertz CT molecular complexity index is 619. The van der Waals surface area contributed by atoms with E-state index >= 15 is 0 Å². The number of hydrogen-bond donors (Lipinski definition) is 0. The molecule has 114 valence electrons.